The smallest absolute Gasteiger partial charge is 0.268 e. The molecule has 1 aliphatic heterocycles. The SMILES string of the molecule is CCCCCCCCN1C(=O)c2c(-c3ccc(C(C)(C)CCC)s3)sc(-c3ccc(C(C)(C)CCCC)s3)c2S1(=O)=O. The summed E-state index contributed by atoms with van der Waals surface area (Å²) < 4.78 is 29.4. The summed E-state index contributed by atoms with van der Waals surface area (Å²) >= 11 is 4.88. The van der Waals surface area contributed by atoms with Gasteiger partial charge < -0.3 is 0 Å². The first kappa shape index (κ1) is 33.4. The van der Waals surface area contributed by atoms with Crippen LogP contribution in [0.4, 0.5) is 0 Å². The number of thiophene rings is 3. The molecule has 42 heavy (non-hydrogen) atoms. The fraction of sp³-hybridized carbons (Fsp3) is 0.618. The quantitative estimate of drug-likeness (QED) is 0.145. The van der Waals surface area contributed by atoms with Gasteiger partial charge in [-0.05, 0) is 54.4 Å². The van der Waals surface area contributed by atoms with Crippen molar-refractivity contribution >= 4 is 49.9 Å². The number of amides is 1. The minimum absolute atomic E-state index is 0.0220. The maximum atomic E-state index is 14.1. The van der Waals surface area contributed by atoms with Gasteiger partial charge in [-0.1, -0.05) is 99.8 Å². The van der Waals surface area contributed by atoms with E-state index in [9.17, 15) is 13.2 Å². The third-order valence-electron chi connectivity index (χ3n) is 8.59. The lowest BCUT2D eigenvalue weighted by molar-refractivity contribution is 0.0870. The van der Waals surface area contributed by atoms with Crippen molar-refractivity contribution in [1.82, 2.24) is 4.31 Å². The van der Waals surface area contributed by atoms with E-state index in [2.05, 4.69) is 72.7 Å². The summed E-state index contributed by atoms with van der Waals surface area (Å²) in [6.45, 7) is 15.9. The van der Waals surface area contributed by atoms with Crippen molar-refractivity contribution in [2.75, 3.05) is 6.54 Å². The van der Waals surface area contributed by atoms with E-state index in [0.29, 0.717) is 12.0 Å². The second kappa shape index (κ2) is 13.7. The lowest BCUT2D eigenvalue weighted by Crippen LogP contribution is -2.31. The van der Waals surface area contributed by atoms with Gasteiger partial charge in [0, 0.05) is 26.1 Å². The van der Waals surface area contributed by atoms with Crippen LogP contribution >= 0.6 is 34.0 Å². The molecule has 4 rings (SSSR count). The molecule has 0 bridgehead atoms. The van der Waals surface area contributed by atoms with E-state index in [1.54, 1.807) is 22.7 Å². The first-order chi connectivity index (χ1) is 19.9. The summed E-state index contributed by atoms with van der Waals surface area (Å²) in [7, 11) is -3.92. The maximum Gasteiger partial charge on any atom is 0.270 e. The minimum Gasteiger partial charge on any atom is -0.268 e. The summed E-state index contributed by atoms with van der Waals surface area (Å²) in [5.74, 6) is -0.348. The number of carbonyl (C=O) groups is 1. The summed E-state index contributed by atoms with van der Waals surface area (Å²) in [4.78, 5) is 20.2. The molecule has 0 radical (unpaired) electrons. The number of unbranched alkanes of at least 4 members (excludes halogenated alkanes) is 6. The maximum absolute atomic E-state index is 14.1. The Hall–Kier alpha value is -1.48. The lowest BCUT2D eigenvalue weighted by Gasteiger charge is -2.22. The molecule has 0 aliphatic carbocycles. The molecule has 1 aliphatic rings. The Kier molecular flexibility index (Phi) is 10.9. The average molecular weight is 648 g/mol. The standard InChI is InChI=1S/C34H49NO3S4/c1-8-11-13-14-15-16-23-35-32(36)28-29(24-17-19-26(39-24)33(4,5)21-10-3)41-30(31(28)42(35,37)38)25-18-20-27(40-25)34(6,7)22-12-9-2/h17-20H,8-16,21-23H2,1-7H3. The van der Waals surface area contributed by atoms with Gasteiger partial charge in [-0.3, -0.25) is 4.79 Å². The highest BCUT2D eigenvalue weighted by atomic mass is 32.2. The van der Waals surface area contributed by atoms with Gasteiger partial charge in [0.15, 0.2) is 0 Å². The van der Waals surface area contributed by atoms with Crippen LogP contribution in [0.2, 0.25) is 0 Å². The van der Waals surface area contributed by atoms with Gasteiger partial charge in [-0.2, -0.15) is 0 Å². The molecule has 1 amide bonds. The van der Waals surface area contributed by atoms with Gasteiger partial charge in [0.1, 0.15) is 4.90 Å². The van der Waals surface area contributed by atoms with Crippen molar-refractivity contribution in [1.29, 1.82) is 0 Å². The third kappa shape index (κ3) is 6.77. The fourth-order valence-electron chi connectivity index (χ4n) is 5.93. The molecule has 0 saturated heterocycles. The molecule has 0 N–H and O–H groups in total. The molecule has 4 heterocycles. The molecular formula is C34H49NO3S4. The molecule has 4 nitrogen and oxygen atoms in total. The van der Waals surface area contributed by atoms with Crippen LogP contribution in [-0.4, -0.2) is 25.2 Å². The van der Waals surface area contributed by atoms with Crippen LogP contribution in [0.15, 0.2) is 29.2 Å². The Balaban J connectivity index is 1.77. The van der Waals surface area contributed by atoms with E-state index in [1.807, 2.05) is 0 Å². The van der Waals surface area contributed by atoms with Crippen LogP contribution < -0.4 is 0 Å². The minimum atomic E-state index is -3.92. The first-order valence-corrected chi connectivity index (χ1v) is 19.7. The van der Waals surface area contributed by atoms with Gasteiger partial charge >= 0.3 is 0 Å². The molecule has 0 fully saturated rings. The van der Waals surface area contributed by atoms with Crippen molar-refractivity contribution in [3.63, 3.8) is 0 Å². The van der Waals surface area contributed by atoms with Crippen LogP contribution in [0.5, 0.6) is 0 Å². The van der Waals surface area contributed by atoms with Gasteiger partial charge in [-0.25, -0.2) is 12.7 Å². The van der Waals surface area contributed by atoms with E-state index in [-0.39, 0.29) is 28.2 Å². The third-order valence-corrected chi connectivity index (χ3v) is 15.0. The zero-order chi connectivity index (χ0) is 30.7. The fourth-order valence-corrected chi connectivity index (χ4v) is 11.9. The summed E-state index contributed by atoms with van der Waals surface area (Å²) in [5, 5.41) is 0. The molecule has 0 atom stereocenters. The first-order valence-electron chi connectivity index (χ1n) is 15.8. The molecular weight excluding hydrogens is 599 g/mol. The average Bonchev–Trinajstić information content (AvgIpc) is 3.71. The Bertz CT molecular complexity index is 1470. The van der Waals surface area contributed by atoms with E-state index < -0.39 is 10.0 Å². The largest absolute Gasteiger partial charge is 0.270 e. The van der Waals surface area contributed by atoms with Crippen molar-refractivity contribution in [3.05, 3.63) is 39.6 Å². The monoisotopic (exact) mass is 647 g/mol. The normalized spacial score (nSPS) is 15.1. The van der Waals surface area contributed by atoms with Crippen LogP contribution in [0.3, 0.4) is 0 Å². The molecule has 3 aromatic heterocycles. The van der Waals surface area contributed by atoms with Crippen LogP contribution in [0, 0.1) is 0 Å². The van der Waals surface area contributed by atoms with Crippen molar-refractivity contribution in [2.24, 2.45) is 0 Å². The molecule has 3 aromatic rings. The molecule has 0 saturated carbocycles. The number of fused-ring (bicyclic) bond motifs is 1. The molecule has 0 spiro atoms. The van der Waals surface area contributed by atoms with E-state index in [1.165, 1.54) is 38.2 Å². The lowest BCUT2D eigenvalue weighted by atomic mass is 9.86. The highest BCUT2D eigenvalue weighted by Gasteiger charge is 2.47. The zero-order valence-electron chi connectivity index (χ0n) is 26.6. The predicted octanol–water partition coefficient (Wildman–Crippen LogP) is 11.3. The molecule has 0 aromatic carbocycles. The number of hydrogen-bond acceptors (Lipinski definition) is 6. The van der Waals surface area contributed by atoms with Gasteiger partial charge in [-0.15, -0.1) is 34.0 Å². The molecule has 8 heteroatoms. The number of rotatable bonds is 16. The topological polar surface area (TPSA) is 54.5 Å². The van der Waals surface area contributed by atoms with E-state index in [4.69, 9.17) is 0 Å². The number of sulfonamides is 1. The predicted molar refractivity (Wildman–Crippen MR) is 183 cm³/mol. The van der Waals surface area contributed by atoms with Crippen molar-refractivity contribution in [2.45, 2.75) is 135 Å². The van der Waals surface area contributed by atoms with Crippen LogP contribution in [0.25, 0.3) is 19.5 Å². The van der Waals surface area contributed by atoms with Crippen molar-refractivity contribution < 1.29 is 13.2 Å². The summed E-state index contributed by atoms with van der Waals surface area (Å²) in [6, 6.07) is 8.50. The van der Waals surface area contributed by atoms with Gasteiger partial charge in [0.2, 0.25) is 0 Å². The number of carbonyl (C=O) groups excluding carboxylic acids is 1. The van der Waals surface area contributed by atoms with Gasteiger partial charge in [0.25, 0.3) is 15.9 Å². The number of hydrogen-bond donors (Lipinski definition) is 0. The van der Waals surface area contributed by atoms with E-state index in [0.717, 1.165) is 70.9 Å². The molecule has 232 valence electrons. The van der Waals surface area contributed by atoms with E-state index >= 15 is 0 Å². The van der Waals surface area contributed by atoms with Crippen LogP contribution in [-0.2, 0) is 20.9 Å². The zero-order valence-corrected chi connectivity index (χ0v) is 29.9. The van der Waals surface area contributed by atoms with Crippen LogP contribution in [0.1, 0.15) is 139 Å². The number of nitrogens with zero attached hydrogens (tertiary/aromatic N) is 1. The molecule has 0 unspecified atom stereocenters. The Labute approximate surface area is 266 Å². The highest BCUT2D eigenvalue weighted by molar-refractivity contribution is 7.90. The Morgan fingerprint density at radius 1 is 0.667 bits per heavy atom. The Morgan fingerprint density at radius 3 is 1.81 bits per heavy atom. The summed E-state index contributed by atoms with van der Waals surface area (Å²) in [5.41, 5.74) is 0.449. The highest BCUT2D eigenvalue weighted by Crippen LogP contribution is 2.53. The van der Waals surface area contributed by atoms with Crippen molar-refractivity contribution in [3.8, 4) is 19.5 Å². The summed E-state index contributed by atoms with van der Waals surface area (Å²) in [6.07, 6.45) is 11.8. The van der Waals surface area contributed by atoms with Gasteiger partial charge in [0.05, 0.1) is 15.3 Å². The Morgan fingerprint density at radius 2 is 1.21 bits per heavy atom. The second-order valence-corrected chi connectivity index (χ2v) is 18.1. The second-order valence-electron chi connectivity index (χ2n) is 13.1.